The van der Waals surface area contributed by atoms with Crippen LogP contribution < -0.4 is 10.6 Å². The van der Waals surface area contributed by atoms with E-state index in [1.165, 1.54) is 6.08 Å². The lowest BCUT2D eigenvalue weighted by Crippen LogP contribution is -2.41. The predicted molar refractivity (Wildman–Crippen MR) is 83.0 cm³/mol. The van der Waals surface area contributed by atoms with Gasteiger partial charge in [0.05, 0.1) is 0 Å². The summed E-state index contributed by atoms with van der Waals surface area (Å²) in [5, 5.41) is 4.54. The van der Waals surface area contributed by atoms with Gasteiger partial charge in [-0.05, 0) is 30.5 Å². The molecule has 118 valence electrons. The molecule has 0 saturated heterocycles. The summed E-state index contributed by atoms with van der Waals surface area (Å²) < 4.78 is 4.75. The Hall–Kier alpha value is -2.63. The van der Waals surface area contributed by atoms with Gasteiger partial charge in [0.2, 0.25) is 0 Å². The maximum atomic E-state index is 11.5. The number of ether oxygens (including phenoxy) is 1. The van der Waals surface area contributed by atoms with Crippen LogP contribution >= 0.6 is 0 Å². The van der Waals surface area contributed by atoms with Gasteiger partial charge in [-0.3, -0.25) is 10.1 Å². The Morgan fingerprint density at radius 2 is 1.95 bits per heavy atom. The van der Waals surface area contributed by atoms with Crippen molar-refractivity contribution in [3.05, 3.63) is 41.5 Å². The highest BCUT2D eigenvalue weighted by molar-refractivity contribution is 5.96. The van der Waals surface area contributed by atoms with Crippen molar-refractivity contribution < 1.29 is 19.1 Å². The number of carbonyl (C=O) groups excluding carboxylic acids is 3. The number of hydrogen-bond donors (Lipinski definition) is 2. The second kappa shape index (κ2) is 9.33. The van der Waals surface area contributed by atoms with Crippen LogP contribution in [0.3, 0.4) is 0 Å². The van der Waals surface area contributed by atoms with E-state index in [-0.39, 0.29) is 0 Å². The molecular formula is C16H20N2O4. The first kappa shape index (κ1) is 17.4. The van der Waals surface area contributed by atoms with Crippen molar-refractivity contribution in [3.8, 4) is 0 Å². The van der Waals surface area contributed by atoms with E-state index in [1.54, 1.807) is 6.08 Å². The van der Waals surface area contributed by atoms with Crippen LogP contribution in [0.5, 0.6) is 0 Å². The minimum Gasteiger partial charge on any atom is -0.452 e. The van der Waals surface area contributed by atoms with E-state index in [0.717, 1.165) is 17.5 Å². The summed E-state index contributed by atoms with van der Waals surface area (Å²) >= 11 is 0. The highest BCUT2D eigenvalue weighted by Crippen LogP contribution is 2.08. The van der Waals surface area contributed by atoms with Crippen LogP contribution in [0, 0.1) is 6.92 Å². The number of nitrogens with one attached hydrogen (secondary N) is 2. The summed E-state index contributed by atoms with van der Waals surface area (Å²) in [6, 6.07) is 6.95. The van der Waals surface area contributed by atoms with Crippen molar-refractivity contribution in [2.24, 2.45) is 0 Å². The van der Waals surface area contributed by atoms with Gasteiger partial charge >= 0.3 is 12.0 Å². The zero-order valence-corrected chi connectivity index (χ0v) is 12.7. The molecule has 6 nitrogen and oxygen atoms in total. The number of carbonyl (C=O) groups is 3. The van der Waals surface area contributed by atoms with Crippen LogP contribution in [-0.2, 0) is 14.3 Å². The number of aryl methyl sites for hydroxylation is 1. The Bertz CT molecular complexity index is 567. The van der Waals surface area contributed by atoms with Gasteiger partial charge in [-0.15, -0.1) is 0 Å². The summed E-state index contributed by atoms with van der Waals surface area (Å²) in [5.74, 6) is -1.32. The number of amides is 3. The molecule has 0 spiro atoms. The van der Waals surface area contributed by atoms with E-state index in [2.05, 4.69) is 10.6 Å². The highest BCUT2D eigenvalue weighted by atomic mass is 16.5. The maximum Gasteiger partial charge on any atom is 0.331 e. The van der Waals surface area contributed by atoms with Crippen molar-refractivity contribution >= 4 is 24.0 Å². The molecule has 0 aliphatic carbocycles. The Morgan fingerprint density at radius 1 is 1.23 bits per heavy atom. The van der Waals surface area contributed by atoms with Crippen LogP contribution in [0.2, 0.25) is 0 Å². The first-order valence-corrected chi connectivity index (χ1v) is 7.01. The number of imide groups is 1. The summed E-state index contributed by atoms with van der Waals surface area (Å²) in [5.41, 5.74) is 1.92. The number of urea groups is 1. The average Bonchev–Trinajstić information content (AvgIpc) is 2.50. The SMILES string of the molecule is CCCNC(=O)NC(=O)COC(=O)/C=C/c1ccccc1C. The van der Waals surface area contributed by atoms with Crippen molar-refractivity contribution in [3.63, 3.8) is 0 Å². The topological polar surface area (TPSA) is 84.5 Å². The smallest absolute Gasteiger partial charge is 0.331 e. The molecule has 2 N–H and O–H groups in total. The zero-order chi connectivity index (χ0) is 16.4. The van der Waals surface area contributed by atoms with E-state index in [1.807, 2.05) is 38.1 Å². The molecule has 0 heterocycles. The monoisotopic (exact) mass is 304 g/mol. The fraction of sp³-hybridized carbons (Fsp3) is 0.312. The molecule has 0 fully saturated rings. The first-order valence-electron chi connectivity index (χ1n) is 7.01. The van der Waals surface area contributed by atoms with Crippen molar-refractivity contribution in [2.45, 2.75) is 20.3 Å². The largest absolute Gasteiger partial charge is 0.452 e. The van der Waals surface area contributed by atoms with Crippen LogP contribution in [0.25, 0.3) is 6.08 Å². The Kier molecular flexibility index (Phi) is 7.39. The third-order valence-electron chi connectivity index (χ3n) is 2.72. The number of esters is 1. The second-order valence-electron chi connectivity index (χ2n) is 4.60. The predicted octanol–water partition coefficient (Wildman–Crippen LogP) is 1.79. The Labute approximate surface area is 129 Å². The zero-order valence-electron chi connectivity index (χ0n) is 12.7. The number of rotatable bonds is 6. The molecule has 0 atom stereocenters. The third kappa shape index (κ3) is 6.69. The van der Waals surface area contributed by atoms with Gasteiger partial charge in [0.25, 0.3) is 5.91 Å². The Morgan fingerprint density at radius 3 is 2.64 bits per heavy atom. The van der Waals surface area contributed by atoms with Crippen LogP contribution in [0.15, 0.2) is 30.3 Å². The van der Waals surface area contributed by atoms with Crippen molar-refractivity contribution in [2.75, 3.05) is 13.2 Å². The third-order valence-corrected chi connectivity index (χ3v) is 2.72. The number of hydrogen-bond acceptors (Lipinski definition) is 4. The molecule has 22 heavy (non-hydrogen) atoms. The molecule has 1 aromatic rings. The van der Waals surface area contributed by atoms with E-state index >= 15 is 0 Å². The van der Waals surface area contributed by atoms with Gasteiger partial charge in [-0.25, -0.2) is 9.59 Å². The second-order valence-corrected chi connectivity index (χ2v) is 4.60. The highest BCUT2D eigenvalue weighted by Gasteiger charge is 2.08. The van der Waals surface area contributed by atoms with E-state index < -0.39 is 24.5 Å². The molecule has 0 aliphatic rings. The van der Waals surface area contributed by atoms with Crippen LogP contribution in [0.4, 0.5) is 4.79 Å². The molecule has 0 saturated carbocycles. The Balaban J connectivity index is 2.35. The minimum absolute atomic E-state index is 0.470. The average molecular weight is 304 g/mol. The normalized spacial score (nSPS) is 10.3. The molecule has 1 rings (SSSR count). The molecule has 0 aliphatic heterocycles. The van der Waals surface area contributed by atoms with Crippen LogP contribution in [-0.4, -0.2) is 31.1 Å². The molecule has 0 unspecified atom stereocenters. The molecule has 0 bridgehead atoms. The van der Waals surface area contributed by atoms with Gasteiger partial charge in [0.15, 0.2) is 6.61 Å². The lowest BCUT2D eigenvalue weighted by molar-refractivity contribution is -0.143. The van der Waals surface area contributed by atoms with Gasteiger partial charge in [0, 0.05) is 12.6 Å². The summed E-state index contributed by atoms with van der Waals surface area (Å²) in [7, 11) is 0. The molecule has 0 aromatic heterocycles. The summed E-state index contributed by atoms with van der Waals surface area (Å²) in [6.45, 7) is 3.78. The molecule has 3 amide bonds. The fourth-order valence-corrected chi connectivity index (χ4v) is 1.56. The van der Waals surface area contributed by atoms with Gasteiger partial charge in [0.1, 0.15) is 0 Å². The van der Waals surface area contributed by atoms with E-state index in [9.17, 15) is 14.4 Å². The maximum absolute atomic E-state index is 11.5. The lowest BCUT2D eigenvalue weighted by atomic mass is 10.1. The molecular weight excluding hydrogens is 284 g/mol. The molecule has 1 aromatic carbocycles. The minimum atomic E-state index is -0.675. The van der Waals surface area contributed by atoms with E-state index in [4.69, 9.17) is 4.74 Å². The summed E-state index contributed by atoms with van der Waals surface area (Å²) in [4.78, 5) is 34.1. The fourth-order valence-electron chi connectivity index (χ4n) is 1.56. The quantitative estimate of drug-likeness (QED) is 0.620. The van der Waals surface area contributed by atoms with Gasteiger partial charge < -0.3 is 10.1 Å². The standard InChI is InChI=1S/C16H20N2O4/c1-3-10-17-16(21)18-14(19)11-22-15(20)9-8-13-7-5-4-6-12(13)2/h4-9H,3,10-11H2,1-2H3,(H2,17,18,19,21)/b9-8+. The first-order chi connectivity index (χ1) is 10.5. The molecule has 6 heteroatoms. The van der Waals surface area contributed by atoms with Gasteiger partial charge in [-0.1, -0.05) is 31.2 Å². The van der Waals surface area contributed by atoms with Gasteiger partial charge in [-0.2, -0.15) is 0 Å². The molecule has 0 radical (unpaired) electrons. The van der Waals surface area contributed by atoms with E-state index in [0.29, 0.717) is 6.54 Å². The van der Waals surface area contributed by atoms with Crippen molar-refractivity contribution in [1.29, 1.82) is 0 Å². The lowest BCUT2D eigenvalue weighted by Gasteiger charge is -2.05. The number of benzene rings is 1. The summed E-state index contributed by atoms with van der Waals surface area (Å²) in [6.07, 6.45) is 3.62. The van der Waals surface area contributed by atoms with Crippen LogP contribution in [0.1, 0.15) is 24.5 Å². The van der Waals surface area contributed by atoms with Crippen molar-refractivity contribution in [1.82, 2.24) is 10.6 Å².